The van der Waals surface area contributed by atoms with Crippen LogP contribution in [0.15, 0.2) is 38.6 Å². The average molecular weight is 224 g/mol. The van der Waals surface area contributed by atoms with Gasteiger partial charge in [-0.05, 0) is 29.0 Å². The summed E-state index contributed by atoms with van der Waals surface area (Å²) in [5.41, 5.74) is 0.528. The third-order valence-electron chi connectivity index (χ3n) is 1.20. The summed E-state index contributed by atoms with van der Waals surface area (Å²) in [4.78, 5) is 24.1. The molecular formula is C8H4N2O2S2. The van der Waals surface area contributed by atoms with E-state index in [1.807, 2.05) is 6.07 Å². The topological polar surface area (TPSA) is 58.9 Å². The van der Waals surface area contributed by atoms with Crippen LogP contribution < -0.4 is 0 Å². The molecular weight excluding hydrogens is 220 g/mol. The van der Waals surface area contributed by atoms with Crippen molar-refractivity contribution in [3.63, 3.8) is 0 Å². The Kier molecular flexibility index (Phi) is 4.75. The Bertz CT molecular complexity index is 410. The molecule has 0 spiro atoms. The standard InChI is InChI=1S/C8H4N2O2S2/c11-5-9-7-2-1-3-8(4-7)13-14-10-6-12/h1-4H. The molecule has 0 radical (unpaired) electrons. The van der Waals surface area contributed by atoms with Crippen LogP contribution in [0.1, 0.15) is 0 Å². The molecule has 0 aromatic heterocycles. The summed E-state index contributed by atoms with van der Waals surface area (Å²) in [5.74, 6) is 0. The minimum Gasteiger partial charge on any atom is -0.211 e. The first-order chi connectivity index (χ1) is 6.86. The van der Waals surface area contributed by atoms with E-state index in [4.69, 9.17) is 0 Å². The fraction of sp³-hybridized carbons (Fsp3) is 0. The second kappa shape index (κ2) is 6.18. The molecule has 0 unspecified atom stereocenters. The van der Waals surface area contributed by atoms with Crippen LogP contribution in [0, 0.1) is 0 Å². The second-order valence-electron chi connectivity index (χ2n) is 2.04. The quantitative estimate of drug-likeness (QED) is 0.341. The van der Waals surface area contributed by atoms with Gasteiger partial charge in [-0.3, -0.25) is 0 Å². The maximum Gasteiger partial charge on any atom is 0.248 e. The summed E-state index contributed by atoms with van der Waals surface area (Å²) in [6, 6.07) is 6.96. The molecule has 0 aliphatic rings. The number of benzene rings is 1. The molecule has 0 amide bonds. The third kappa shape index (κ3) is 3.60. The molecule has 0 aliphatic heterocycles. The van der Waals surface area contributed by atoms with Crippen LogP contribution >= 0.6 is 21.8 Å². The lowest BCUT2D eigenvalue weighted by atomic mass is 10.3. The van der Waals surface area contributed by atoms with E-state index < -0.39 is 0 Å². The van der Waals surface area contributed by atoms with Crippen molar-refractivity contribution in [1.82, 2.24) is 0 Å². The molecule has 6 heteroatoms. The van der Waals surface area contributed by atoms with E-state index >= 15 is 0 Å². The van der Waals surface area contributed by atoms with E-state index in [9.17, 15) is 9.59 Å². The Balaban J connectivity index is 2.72. The zero-order chi connectivity index (χ0) is 10.2. The maximum absolute atomic E-state index is 9.97. The van der Waals surface area contributed by atoms with Crippen LogP contribution in [0.4, 0.5) is 5.69 Å². The van der Waals surface area contributed by atoms with Crippen molar-refractivity contribution in [3.05, 3.63) is 24.3 Å². The van der Waals surface area contributed by atoms with Crippen molar-refractivity contribution in [2.45, 2.75) is 4.90 Å². The highest BCUT2D eigenvalue weighted by molar-refractivity contribution is 8.76. The number of nitrogens with zero attached hydrogens (tertiary/aromatic N) is 2. The van der Waals surface area contributed by atoms with Gasteiger partial charge in [-0.15, -0.1) is 4.40 Å². The van der Waals surface area contributed by atoms with Gasteiger partial charge in [0.15, 0.2) is 0 Å². The van der Waals surface area contributed by atoms with Crippen molar-refractivity contribution in [1.29, 1.82) is 0 Å². The Morgan fingerprint density at radius 3 is 2.79 bits per heavy atom. The summed E-state index contributed by atoms with van der Waals surface area (Å²) in [7, 11) is 2.29. The minimum atomic E-state index is 0.528. The lowest BCUT2D eigenvalue weighted by Crippen LogP contribution is -1.67. The van der Waals surface area contributed by atoms with Crippen LogP contribution in [0.3, 0.4) is 0 Å². The summed E-state index contributed by atoms with van der Waals surface area (Å²) < 4.78 is 3.31. The first-order valence-electron chi connectivity index (χ1n) is 3.45. The van der Waals surface area contributed by atoms with Gasteiger partial charge in [0.05, 0.1) is 16.7 Å². The number of rotatable bonds is 4. The molecule has 0 aliphatic carbocycles. The molecule has 0 bridgehead atoms. The van der Waals surface area contributed by atoms with Gasteiger partial charge in [0.2, 0.25) is 12.2 Å². The van der Waals surface area contributed by atoms with Crippen LogP contribution in [-0.2, 0) is 9.59 Å². The van der Waals surface area contributed by atoms with Crippen LogP contribution in [0.5, 0.6) is 0 Å². The molecule has 1 rings (SSSR count). The zero-order valence-corrected chi connectivity index (χ0v) is 8.47. The van der Waals surface area contributed by atoms with Gasteiger partial charge in [-0.1, -0.05) is 6.07 Å². The van der Waals surface area contributed by atoms with E-state index in [0.717, 1.165) is 15.9 Å². The molecule has 70 valence electrons. The largest absolute Gasteiger partial charge is 0.248 e. The van der Waals surface area contributed by atoms with E-state index in [1.54, 1.807) is 18.2 Å². The molecule has 0 atom stereocenters. The predicted octanol–water partition coefficient (Wildman–Crippen LogP) is 2.65. The number of isocyanates is 2. The summed E-state index contributed by atoms with van der Waals surface area (Å²) in [5, 5.41) is 0. The van der Waals surface area contributed by atoms with Crippen LogP contribution in [-0.4, -0.2) is 12.2 Å². The number of hydrogen-bond donors (Lipinski definition) is 0. The van der Waals surface area contributed by atoms with Gasteiger partial charge in [0.1, 0.15) is 0 Å². The highest BCUT2D eigenvalue weighted by atomic mass is 33.1. The Morgan fingerprint density at radius 1 is 1.21 bits per heavy atom. The number of hydrogen-bond acceptors (Lipinski definition) is 6. The molecule has 0 saturated carbocycles. The highest BCUT2D eigenvalue weighted by Gasteiger charge is 1.95. The SMILES string of the molecule is O=C=NSSc1cccc(N=C=O)c1. The fourth-order valence-corrected chi connectivity index (χ4v) is 1.96. The number of carbonyl (C=O) groups excluding carboxylic acids is 2. The van der Waals surface area contributed by atoms with Crippen molar-refractivity contribution in [2.24, 2.45) is 9.39 Å². The van der Waals surface area contributed by atoms with Gasteiger partial charge in [-0.25, -0.2) is 9.59 Å². The van der Waals surface area contributed by atoms with Gasteiger partial charge >= 0.3 is 0 Å². The molecule has 1 aromatic carbocycles. The molecule has 0 fully saturated rings. The predicted molar refractivity (Wildman–Crippen MR) is 55.8 cm³/mol. The van der Waals surface area contributed by atoms with Gasteiger partial charge < -0.3 is 0 Å². The zero-order valence-electron chi connectivity index (χ0n) is 6.84. The number of aliphatic imine (C=N–C) groups is 1. The normalized spacial score (nSPS) is 8.57. The van der Waals surface area contributed by atoms with Crippen molar-refractivity contribution in [2.75, 3.05) is 0 Å². The summed E-state index contributed by atoms with van der Waals surface area (Å²) >= 11 is 0. The molecule has 0 N–H and O–H groups in total. The monoisotopic (exact) mass is 224 g/mol. The Hall–Kier alpha value is -1.32. The minimum absolute atomic E-state index is 0.528. The molecule has 0 heterocycles. The Labute approximate surface area is 88.1 Å². The average Bonchev–Trinajstić information content (AvgIpc) is 2.19. The highest BCUT2D eigenvalue weighted by Crippen LogP contribution is 2.33. The fourth-order valence-electron chi connectivity index (χ4n) is 0.734. The first kappa shape index (κ1) is 10.8. The van der Waals surface area contributed by atoms with Crippen LogP contribution in [0.25, 0.3) is 0 Å². The van der Waals surface area contributed by atoms with Gasteiger partial charge in [-0.2, -0.15) is 4.99 Å². The smallest absolute Gasteiger partial charge is 0.211 e. The van der Waals surface area contributed by atoms with E-state index in [0.29, 0.717) is 5.69 Å². The lowest BCUT2D eigenvalue weighted by Gasteiger charge is -1.95. The summed E-state index contributed by atoms with van der Waals surface area (Å²) in [6.45, 7) is 0. The first-order valence-corrected chi connectivity index (χ1v) is 5.56. The van der Waals surface area contributed by atoms with Crippen LogP contribution in [0.2, 0.25) is 0 Å². The van der Waals surface area contributed by atoms with Gasteiger partial charge in [0.25, 0.3) is 0 Å². The van der Waals surface area contributed by atoms with E-state index in [-0.39, 0.29) is 0 Å². The Morgan fingerprint density at radius 2 is 2.07 bits per heavy atom. The second-order valence-corrected chi connectivity index (χ2v) is 3.96. The third-order valence-corrected chi connectivity index (χ3v) is 2.89. The molecule has 1 aromatic rings. The van der Waals surface area contributed by atoms with Crippen molar-refractivity contribution in [3.8, 4) is 0 Å². The molecule has 14 heavy (non-hydrogen) atoms. The molecule has 4 nitrogen and oxygen atoms in total. The van der Waals surface area contributed by atoms with Gasteiger partial charge in [0, 0.05) is 4.90 Å². The van der Waals surface area contributed by atoms with E-state index in [1.165, 1.54) is 23.0 Å². The summed E-state index contributed by atoms with van der Waals surface area (Å²) in [6.07, 6.45) is 2.86. The van der Waals surface area contributed by atoms with Crippen molar-refractivity contribution >= 4 is 39.6 Å². The van der Waals surface area contributed by atoms with E-state index in [2.05, 4.69) is 9.39 Å². The maximum atomic E-state index is 9.97. The lowest BCUT2D eigenvalue weighted by molar-refractivity contribution is 0.565. The van der Waals surface area contributed by atoms with Crippen molar-refractivity contribution < 1.29 is 9.59 Å². The molecule has 0 saturated heterocycles.